The minimum absolute atomic E-state index is 0.0506. The van der Waals surface area contributed by atoms with Crippen LogP contribution in [-0.4, -0.2) is 15.9 Å². The van der Waals surface area contributed by atoms with Gasteiger partial charge in [0, 0.05) is 6.42 Å². The number of aromatic nitrogens is 2. The minimum atomic E-state index is -0.0506. The standard InChI is InChI=1S/C9H9Cl2N3O/c10-8-6(4-12-9(11)14-8)13-7(15)3-5-1-2-5/h4-5H,1-3H2,(H,13,15). The van der Waals surface area contributed by atoms with Gasteiger partial charge in [0.25, 0.3) is 0 Å². The lowest BCUT2D eigenvalue weighted by Crippen LogP contribution is -2.12. The van der Waals surface area contributed by atoms with Crippen molar-refractivity contribution in [1.29, 1.82) is 0 Å². The fraction of sp³-hybridized carbons (Fsp3) is 0.444. The predicted molar refractivity (Wildman–Crippen MR) is 58.0 cm³/mol. The van der Waals surface area contributed by atoms with Crippen molar-refractivity contribution < 1.29 is 4.79 Å². The van der Waals surface area contributed by atoms with Gasteiger partial charge in [0.15, 0.2) is 5.15 Å². The molecule has 1 heterocycles. The molecule has 0 radical (unpaired) electrons. The highest BCUT2D eigenvalue weighted by atomic mass is 35.5. The van der Waals surface area contributed by atoms with Crippen molar-refractivity contribution in [3.63, 3.8) is 0 Å². The van der Waals surface area contributed by atoms with E-state index in [9.17, 15) is 4.79 Å². The number of hydrogen-bond acceptors (Lipinski definition) is 3. The van der Waals surface area contributed by atoms with Gasteiger partial charge in [-0.2, -0.15) is 0 Å². The van der Waals surface area contributed by atoms with Crippen LogP contribution in [0.1, 0.15) is 19.3 Å². The summed E-state index contributed by atoms with van der Waals surface area (Å²) in [5.41, 5.74) is 0.409. The van der Waals surface area contributed by atoms with Gasteiger partial charge in [-0.05, 0) is 30.4 Å². The average Bonchev–Trinajstić information content (AvgIpc) is 2.94. The van der Waals surface area contributed by atoms with Crippen LogP contribution in [0, 0.1) is 5.92 Å². The van der Waals surface area contributed by atoms with Crippen LogP contribution in [0.25, 0.3) is 0 Å². The normalized spacial score (nSPS) is 15.1. The molecule has 1 aromatic heterocycles. The van der Waals surface area contributed by atoms with Crippen LogP contribution in [-0.2, 0) is 4.79 Å². The third-order valence-electron chi connectivity index (χ3n) is 2.16. The summed E-state index contributed by atoms with van der Waals surface area (Å²) in [6, 6.07) is 0. The third kappa shape index (κ3) is 3.04. The lowest BCUT2D eigenvalue weighted by Gasteiger charge is -2.05. The number of amides is 1. The highest BCUT2D eigenvalue weighted by Crippen LogP contribution is 2.32. The Labute approximate surface area is 97.0 Å². The summed E-state index contributed by atoms with van der Waals surface area (Å²) in [5.74, 6) is 0.488. The molecular weight excluding hydrogens is 237 g/mol. The first-order chi connectivity index (χ1) is 7.15. The molecule has 0 atom stereocenters. The first-order valence-electron chi connectivity index (χ1n) is 4.63. The van der Waals surface area contributed by atoms with E-state index in [-0.39, 0.29) is 16.3 Å². The van der Waals surface area contributed by atoms with E-state index in [0.29, 0.717) is 18.0 Å². The van der Waals surface area contributed by atoms with Crippen LogP contribution in [0.2, 0.25) is 10.4 Å². The van der Waals surface area contributed by atoms with Gasteiger partial charge in [0.1, 0.15) is 0 Å². The van der Waals surface area contributed by atoms with Crippen LogP contribution in [0.4, 0.5) is 5.69 Å². The van der Waals surface area contributed by atoms with Gasteiger partial charge < -0.3 is 5.32 Å². The first-order valence-corrected chi connectivity index (χ1v) is 5.38. The first kappa shape index (κ1) is 10.6. The predicted octanol–water partition coefficient (Wildman–Crippen LogP) is 2.52. The molecule has 1 fully saturated rings. The van der Waals surface area contributed by atoms with Crippen LogP contribution < -0.4 is 5.32 Å². The topological polar surface area (TPSA) is 54.9 Å². The van der Waals surface area contributed by atoms with Crippen molar-refractivity contribution >= 4 is 34.8 Å². The number of halogens is 2. The molecular formula is C9H9Cl2N3O. The molecule has 4 nitrogen and oxygen atoms in total. The Morgan fingerprint density at radius 3 is 2.87 bits per heavy atom. The fourth-order valence-corrected chi connectivity index (χ4v) is 1.56. The number of nitrogens with zero attached hydrogens (tertiary/aromatic N) is 2. The van der Waals surface area contributed by atoms with Crippen molar-refractivity contribution in [2.75, 3.05) is 5.32 Å². The van der Waals surface area contributed by atoms with E-state index in [1.807, 2.05) is 0 Å². The Kier molecular flexibility index (Phi) is 3.07. The molecule has 0 aromatic carbocycles. The van der Waals surface area contributed by atoms with E-state index in [1.54, 1.807) is 0 Å². The number of anilines is 1. The van der Waals surface area contributed by atoms with Crippen molar-refractivity contribution in [2.24, 2.45) is 5.92 Å². The van der Waals surface area contributed by atoms with E-state index in [2.05, 4.69) is 15.3 Å². The summed E-state index contributed by atoms with van der Waals surface area (Å²) in [6.45, 7) is 0. The summed E-state index contributed by atoms with van der Waals surface area (Å²) in [6.07, 6.45) is 4.22. The highest BCUT2D eigenvalue weighted by molar-refractivity contribution is 6.34. The molecule has 1 N–H and O–H groups in total. The van der Waals surface area contributed by atoms with Crippen molar-refractivity contribution in [3.05, 3.63) is 16.6 Å². The second kappa shape index (κ2) is 4.33. The number of carbonyl (C=O) groups excluding carboxylic acids is 1. The summed E-state index contributed by atoms with van der Waals surface area (Å²) in [5, 5.41) is 2.89. The molecule has 0 bridgehead atoms. The monoisotopic (exact) mass is 245 g/mol. The zero-order chi connectivity index (χ0) is 10.8. The molecule has 0 aliphatic heterocycles. The van der Waals surface area contributed by atoms with Gasteiger partial charge in [-0.15, -0.1) is 0 Å². The summed E-state index contributed by atoms with van der Waals surface area (Å²) >= 11 is 11.3. The number of carbonyl (C=O) groups is 1. The number of nitrogens with one attached hydrogen (secondary N) is 1. The SMILES string of the molecule is O=C(CC1CC1)Nc1cnc(Cl)nc1Cl. The summed E-state index contributed by atoms with van der Waals surface area (Å²) in [7, 11) is 0. The van der Waals surface area contributed by atoms with Crippen molar-refractivity contribution in [1.82, 2.24) is 9.97 Å². The Morgan fingerprint density at radius 2 is 2.27 bits per heavy atom. The maximum absolute atomic E-state index is 11.4. The van der Waals surface area contributed by atoms with E-state index >= 15 is 0 Å². The summed E-state index contributed by atoms with van der Waals surface area (Å²) in [4.78, 5) is 18.9. The number of rotatable bonds is 3. The van der Waals surface area contributed by atoms with Crippen LogP contribution in [0.15, 0.2) is 6.20 Å². The van der Waals surface area contributed by atoms with E-state index in [4.69, 9.17) is 23.2 Å². The molecule has 1 aromatic rings. The van der Waals surface area contributed by atoms with Crippen LogP contribution in [0.3, 0.4) is 0 Å². The maximum Gasteiger partial charge on any atom is 0.224 e. The van der Waals surface area contributed by atoms with Crippen LogP contribution in [0.5, 0.6) is 0 Å². The lowest BCUT2D eigenvalue weighted by atomic mass is 10.3. The minimum Gasteiger partial charge on any atom is -0.322 e. The second-order valence-corrected chi connectivity index (χ2v) is 4.24. The zero-order valence-electron chi connectivity index (χ0n) is 7.83. The molecule has 1 aliphatic rings. The van der Waals surface area contributed by atoms with E-state index in [1.165, 1.54) is 6.20 Å². The second-order valence-electron chi connectivity index (χ2n) is 3.54. The van der Waals surface area contributed by atoms with E-state index in [0.717, 1.165) is 12.8 Å². The van der Waals surface area contributed by atoms with E-state index < -0.39 is 0 Å². The Morgan fingerprint density at radius 1 is 1.53 bits per heavy atom. The van der Waals surface area contributed by atoms with Gasteiger partial charge in [-0.1, -0.05) is 11.6 Å². The fourth-order valence-electron chi connectivity index (χ4n) is 1.21. The molecule has 1 aliphatic carbocycles. The van der Waals surface area contributed by atoms with Crippen molar-refractivity contribution in [3.8, 4) is 0 Å². The molecule has 0 unspecified atom stereocenters. The molecule has 0 saturated heterocycles. The third-order valence-corrected chi connectivity index (χ3v) is 2.63. The largest absolute Gasteiger partial charge is 0.322 e. The molecule has 6 heteroatoms. The molecule has 1 saturated carbocycles. The van der Waals surface area contributed by atoms with Gasteiger partial charge in [0.2, 0.25) is 11.2 Å². The maximum atomic E-state index is 11.4. The summed E-state index contributed by atoms with van der Waals surface area (Å²) < 4.78 is 0. The average molecular weight is 246 g/mol. The van der Waals surface area contributed by atoms with Crippen molar-refractivity contribution in [2.45, 2.75) is 19.3 Å². The molecule has 15 heavy (non-hydrogen) atoms. The zero-order valence-corrected chi connectivity index (χ0v) is 9.35. The Hall–Kier alpha value is -0.870. The lowest BCUT2D eigenvalue weighted by molar-refractivity contribution is -0.116. The van der Waals surface area contributed by atoms with Gasteiger partial charge >= 0.3 is 0 Å². The van der Waals surface area contributed by atoms with Gasteiger partial charge in [-0.25, -0.2) is 9.97 Å². The molecule has 0 spiro atoms. The van der Waals surface area contributed by atoms with Gasteiger partial charge in [-0.3, -0.25) is 4.79 Å². The Bertz CT molecular complexity index is 393. The smallest absolute Gasteiger partial charge is 0.224 e. The Balaban J connectivity index is 1.99. The van der Waals surface area contributed by atoms with Crippen LogP contribution >= 0.6 is 23.2 Å². The highest BCUT2D eigenvalue weighted by Gasteiger charge is 2.24. The number of hydrogen-bond donors (Lipinski definition) is 1. The molecule has 1 amide bonds. The molecule has 80 valence electrons. The van der Waals surface area contributed by atoms with Gasteiger partial charge in [0.05, 0.1) is 11.9 Å². The molecule has 2 rings (SSSR count). The quantitative estimate of drug-likeness (QED) is 0.658.